The Morgan fingerprint density at radius 1 is 1.44 bits per heavy atom. The normalized spacial score (nSPS) is 18.9. The molecule has 1 aromatic rings. The molecule has 1 saturated heterocycles. The second kappa shape index (κ2) is 5.62. The number of carboxylic acids is 1. The van der Waals surface area contributed by atoms with Crippen molar-refractivity contribution in [1.29, 1.82) is 0 Å². The van der Waals surface area contributed by atoms with E-state index in [-0.39, 0.29) is 5.91 Å². The third kappa shape index (κ3) is 2.85. The maximum Gasteiger partial charge on any atom is 0.326 e. The van der Waals surface area contributed by atoms with Crippen LogP contribution in [0.2, 0.25) is 0 Å². The van der Waals surface area contributed by atoms with Gasteiger partial charge in [0.2, 0.25) is 5.91 Å². The number of pyridine rings is 1. The summed E-state index contributed by atoms with van der Waals surface area (Å²) in [4.78, 5) is 28.6. The second-order valence-corrected chi connectivity index (χ2v) is 4.40. The first-order chi connectivity index (χ1) is 8.68. The van der Waals surface area contributed by atoms with Crippen LogP contribution in [0.5, 0.6) is 0 Å². The van der Waals surface area contributed by atoms with Gasteiger partial charge in [-0.2, -0.15) is 0 Å². The molecule has 2 rings (SSSR count). The van der Waals surface area contributed by atoms with E-state index in [9.17, 15) is 9.59 Å². The van der Waals surface area contributed by atoms with Gasteiger partial charge in [0, 0.05) is 24.9 Å². The average Bonchev–Trinajstić information content (AvgIpc) is 2.86. The Labute approximate surface area is 105 Å². The van der Waals surface area contributed by atoms with Crippen molar-refractivity contribution in [2.45, 2.75) is 31.7 Å². The Balaban J connectivity index is 1.90. The molecule has 0 unspecified atom stereocenters. The van der Waals surface area contributed by atoms with E-state index < -0.39 is 12.0 Å². The van der Waals surface area contributed by atoms with Gasteiger partial charge in [-0.25, -0.2) is 4.79 Å². The predicted octanol–water partition coefficient (Wildman–Crippen LogP) is 1.09. The number of aryl methyl sites for hydroxylation is 1. The largest absolute Gasteiger partial charge is 0.480 e. The number of carboxylic acid groups (broad SMARTS) is 1. The number of aliphatic carboxylic acids is 1. The first-order valence-corrected chi connectivity index (χ1v) is 6.10. The van der Waals surface area contributed by atoms with Crippen molar-refractivity contribution < 1.29 is 14.7 Å². The molecule has 0 aliphatic carbocycles. The number of aromatic nitrogens is 1. The number of carbonyl (C=O) groups excluding carboxylic acids is 1. The van der Waals surface area contributed by atoms with Crippen LogP contribution in [0.15, 0.2) is 24.4 Å². The lowest BCUT2D eigenvalue weighted by molar-refractivity contribution is -0.148. The highest BCUT2D eigenvalue weighted by Crippen LogP contribution is 2.18. The van der Waals surface area contributed by atoms with E-state index in [0.29, 0.717) is 25.8 Å². The van der Waals surface area contributed by atoms with Gasteiger partial charge in [-0.1, -0.05) is 6.07 Å². The number of carbonyl (C=O) groups is 2. The third-order valence-corrected chi connectivity index (χ3v) is 3.18. The number of hydrogen-bond donors (Lipinski definition) is 1. The standard InChI is InChI=1S/C13H16N2O3/c16-12(7-6-10-4-1-2-8-14-10)15-9-3-5-11(15)13(17)18/h1-2,4,8,11H,3,5-7,9H2,(H,17,18)/t11-/m1/s1. The Morgan fingerprint density at radius 3 is 2.94 bits per heavy atom. The molecule has 18 heavy (non-hydrogen) atoms. The van der Waals surface area contributed by atoms with Crippen LogP contribution in [-0.4, -0.2) is 39.5 Å². The van der Waals surface area contributed by atoms with Crippen molar-refractivity contribution in [3.05, 3.63) is 30.1 Å². The Bertz CT molecular complexity index is 433. The van der Waals surface area contributed by atoms with E-state index in [2.05, 4.69) is 4.98 Å². The van der Waals surface area contributed by atoms with E-state index in [4.69, 9.17) is 5.11 Å². The van der Waals surface area contributed by atoms with Crippen LogP contribution < -0.4 is 0 Å². The highest BCUT2D eigenvalue weighted by Gasteiger charge is 2.33. The van der Waals surface area contributed by atoms with Gasteiger partial charge in [0.05, 0.1) is 0 Å². The summed E-state index contributed by atoms with van der Waals surface area (Å²) in [7, 11) is 0. The maximum absolute atomic E-state index is 12.0. The lowest BCUT2D eigenvalue weighted by Gasteiger charge is -2.21. The fourth-order valence-electron chi connectivity index (χ4n) is 2.25. The number of nitrogens with zero attached hydrogens (tertiary/aromatic N) is 2. The molecule has 1 N–H and O–H groups in total. The molecule has 96 valence electrons. The highest BCUT2D eigenvalue weighted by molar-refractivity contribution is 5.84. The minimum atomic E-state index is -0.904. The molecular weight excluding hydrogens is 232 g/mol. The van der Waals surface area contributed by atoms with E-state index in [1.54, 1.807) is 6.20 Å². The van der Waals surface area contributed by atoms with Crippen LogP contribution in [0.3, 0.4) is 0 Å². The van der Waals surface area contributed by atoms with Gasteiger partial charge < -0.3 is 10.0 Å². The topological polar surface area (TPSA) is 70.5 Å². The zero-order valence-electron chi connectivity index (χ0n) is 10.1. The molecule has 1 aromatic heterocycles. The minimum Gasteiger partial charge on any atom is -0.480 e. The molecule has 1 fully saturated rings. The molecule has 0 radical (unpaired) electrons. The van der Waals surface area contributed by atoms with Crippen LogP contribution >= 0.6 is 0 Å². The van der Waals surface area contributed by atoms with Gasteiger partial charge in [-0.05, 0) is 31.4 Å². The van der Waals surface area contributed by atoms with Crippen molar-refractivity contribution in [2.75, 3.05) is 6.54 Å². The second-order valence-electron chi connectivity index (χ2n) is 4.40. The fraction of sp³-hybridized carbons (Fsp3) is 0.462. The predicted molar refractivity (Wildman–Crippen MR) is 64.9 cm³/mol. The van der Waals surface area contributed by atoms with Gasteiger partial charge in [0.1, 0.15) is 6.04 Å². The quantitative estimate of drug-likeness (QED) is 0.865. The number of amides is 1. The van der Waals surface area contributed by atoms with Gasteiger partial charge in [0.25, 0.3) is 0 Å². The Hall–Kier alpha value is -1.91. The first kappa shape index (κ1) is 12.5. The third-order valence-electron chi connectivity index (χ3n) is 3.18. The van der Waals surface area contributed by atoms with Crippen LogP contribution in [0.1, 0.15) is 25.0 Å². The molecule has 2 heterocycles. The molecule has 1 amide bonds. The van der Waals surface area contributed by atoms with Crippen molar-refractivity contribution in [2.24, 2.45) is 0 Å². The van der Waals surface area contributed by atoms with Gasteiger partial charge >= 0.3 is 5.97 Å². The highest BCUT2D eigenvalue weighted by atomic mass is 16.4. The lowest BCUT2D eigenvalue weighted by atomic mass is 10.2. The SMILES string of the molecule is O=C(O)[C@H]1CCCN1C(=O)CCc1ccccn1. The maximum atomic E-state index is 12.0. The summed E-state index contributed by atoms with van der Waals surface area (Å²) in [5.41, 5.74) is 0.858. The summed E-state index contributed by atoms with van der Waals surface area (Å²) in [5, 5.41) is 9.01. The van der Waals surface area contributed by atoms with Gasteiger partial charge in [-0.3, -0.25) is 9.78 Å². The number of likely N-dealkylation sites (tertiary alicyclic amines) is 1. The van der Waals surface area contributed by atoms with Crippen LogP contribution in [0, 0.1) is 0 Å². The summed E-state index contributed by atoms with van der Waals surface area (Å²) >= 11 is 0. The van der Waals surface area contributed by atoms with Crippen LogP contribution in [0.4, 0.5) is 0 Å². The monoisotopic (exact) mass is 248 g/mol. The molecule has 1 aliphatic rings. The van der Waals surface area contributed by atoms with E-state index in [0.717, 1.165) is 12.1 Å². The van der Waals surface area contributed by atoms with Gasteiger partial charge in [-0.15, -0.1) is 0 Å². The number of rotatable bonds is 4. The van der Waals surface area contributed by atoms with Crippen molar-refractivity contribution in [1.82, 2.24) is 9.88 Å². The molecule has 5 nitrogen and oxygen atoms in total. The van der Waals surface area contributed by atoms with Crippen molar-refractivity contribution >= 4 is 11.9 Å². The molecule has 0 spiro atoms. The van der Waals surface area contributed by atoms with E-state index in [1.807, 2.05) is 18.2 Å². The minimum absolute atomic E-state index is 0.0921. The van der Waals surface area contributed by atoms with E-state index >= 15 is 0 Å². The van der Waals surface area contributed by atoms with Crippen LogP contribution in [0.25, 0.3) is 0 Å². The summed E-state index contributed by atoms with van der Waals surface area (Å²) in [5.74, 6) is -0.996. The molecule has 1 atom stereocenters. The molecule has 0 saturated carbocycles. The number of hydrogen-bond acceptors (Lipinski definition) is 3. The summed E-state index contributed by atoms with van der Waals surface area (Å²) in [6.07, 6.45) is 3.90. The van der Waals surface area contributed by atoms with Crippen molar-refractivity contribution in [3.63, 3.8) is 0 Å². The smallest absolute Gasteiger partial charge is 0.326 e. The van der Waals surface area contributed by atoms with Gasteiger partial charge in [0.15, 0.2) is 0 Å². The zero-order valence-corrected chi connectivity index (χ0v) is 10.1. The summed E-state index contributed by atoms with van der Waals surface area (Å²) in [6.45, 7) is 0.554. The Morgan fingerprint density at radius 2 is 2.28 bits per heavy atom. The molecule has 5 heteroatoms. The van der Waals surface area contributed by atoms with E-state index in [1.165, 1.54) is 4.90 Å². The lowest BCUT2D eigenvalue weighted by Crippen LogP contribution is -2.40. The molecular formula is C13H16N2O3. The average molecular weight is 248 g/mol. The Kier molecular flexibility index (Phi) is 3.92. The molecule has 1 aliphatic heterocycles. The zero-order chi connectivity index (χ0) is 13.0. The van der Waals surface area contributed by atoms with Crippen LogP contribution in [-0.2, 0) is 16.0 Å². The molecule has 0 bridgehead atoms. The first-order valence-electron chi connectivity index (χ1n) is 6.10. The summed E-state index contributed by atoms with van der Waals surface area (Å²) < 4.78 is 0. The summed E-state index contributed by atoms with van der Waals surface area (Å²) in [6, 6.07) is 4.93. The fourth-order valence-corrected chi connectivity index (χ4v) is 2.25. The molecule has 0 aromatic carbocycles. The van der Waals surface area contributed by atoms with Crippen molar-refractivity contribution in [3.8, 4) is 0 Å².